The predicted octanol–water partition coefficient (Wildman–Crippen LogP) is 4.09. The van der Waals surface area contributed by atoms with Gasteiger partial charge < -0.3 is 13.9 Å². The van der Waals surface area contributed by atoms with Crippen LogP contribution >= 0.6 is 0 Å². The predicted molar refractivity (Wildman–Crippen MR) is 102 cm³/mol. The van der Waals surface area contributed by atoms with Gasteiger partial charge in [-0.3, -0.25) is 4.90 Å². The molecule has 1 saturated heterocycles. The van der Waals surface area contributed by atoms with Crippen molar-refractivity contribution in [1.82, 2.24) is 15.1 Å². The Balaban J connectivity index is 1.52. The third-order valence-electron chi connectivity index (χ3n) is 4.98. The van der Waals surface area contributed by atoms with Crippen molar-refractivity contribution >= 4 is 0 Å². The summed E-state index contributed by atoms with van der Waals surface area (Å²) in [5.74, 6) is 2.70. The summed E-state index contributed by atoms with van der Waals surface area (Å²) in [5, 5.41) is 8.44. The molecular formula is C21H23N3O3. The van der Waals surface area contributed by atoms with E-state index in [1.165, 1.54) is 5.56 Å². The molecule has 0 spiro atoms. The van der Waals surface area contributed by atoms with Gasteiger partial charge in [0.15, 0.2) is 11.5 Å². The van der Waals surface area contributed by atoms with Gasteiger partial charge in [0.2, 0.25) is 11.8 Å². The Morgan fingerprint density at radius 3 is 2.63 bits per heavy atom. The summed E-state index contributed by atoms with van der Waals surface area (Å²) in [6, 6.07) is 16.3. The maximum atomic E-state index is 5.89. The molecule has 1 aliphatic heterocycles. The molecule has 2 aromatic carbocycles. The fourth-order valence-corrected chi connectivity index (χ4v) is 3.64. The van der Waals surface area contributed by atoms with Crippen LogP contribution in [0.3, 0.4) is 0 Å². The highest BCUT2D eigenvalue weighted by atomic mass is 16.5. The van der Waals surface area contributed by atoms with E-state index < -0.39 is 0 Å². The summed E-state index contributed by atoms with van der Waals surface area (Å²) >= 11 is 0. The van der Waals surface area contributed by atoms with Gasteiger partial charge in [-0.25, -0.2) is 0 Å². The number of nitrogens with zero attached hydrogens (tertiary/aromatic N) is 3. The molecule has 2 heterocycles. The normalized spacial score (nSPS) is 17.2. The SMILES string of the molecule is COc1ccc([C@@H]2CCCN2Cc2nnc(-c3ccccc3)o2)cc1OC. The number of hydrogen-bond acceptors (Lipinski definition) is 6. The highest BCUT2D eigenvalue weighted by Crippen LogP contribution is 2.37. The first-order valence-corrected chi connectivity index (χ1v) is 9.12. The van der Waals surface area contributed by atoms with Gasteiger partial charge in [0.05, 0.1) is 20.8 Å². The molecule has 1 atom stereocenters. The maximum absolute atomic E-state index is 5.89. The van der Waals surface area contributed by atoms with Gasteiger partial charge in [-0.2, -0.15) is 0 Å². The molecule has 1 aromatic heterocycles. The number of ether oxygens (including phenoxy) is 2. The first-order valence-electron chi connectivity index (χ1n) is 9.12. The molecule has 6 nitrogen and oxygen atoms in total. The molecule has 0 aliphatic carbocycles. The van der Waals surface area contributed by atoms with Crippen LogP contribution in [0.25, 0.3) is 11.5 Å². The molecule has 0 saturated carbocycles. The average Bonchev–Trinajstić information content (AvgIpc) is 3.38. The molecule has 0 bridgehead atoms. The summed E-state index contributed by atoms with van der Waals surface area (Å²) in [7, 11) is 3.32. The average molecular weight is 365 g/mol. The lowest BCUT2D eigenvalue weighted by Crippen LogP contribution is -2.23. The molecule has 4 rings (SSSR count). The molecule has 1 fully saturated rings. The fourth-order valence-electron chi connectivity index (χ4n) is 3.64. The molecule has 0 amide bonds. The number of likely N-dealkylation sites (tertiary alicyclic amines) is 1. The van der Waals surface area contributed by atoms with E-state index in [4.69, 9.17) is 13.9 Å². The van der Waals surface area contributed by atoms with Crippen LogP contribution in [0.15, 0.2) is 52.9 Å². The minimum atomic E-state index is 0.303. The van der Waals surface area contributed by atoms with Crippen molar-refractivity contribution in [3.63, 3.8) is 0 Å². The third kappa shape index (κ3) is 3.66. The minimum Gasteiger partial charge on any atom is -0.493 e. The van der Waals surface area contributed by atoms with Crippen LogP contribution in [0, 0.1) is 0 Å². The van der Waals surface area contributed by atoms with Gasteiger partial charge in [-0.15, -0.1) is 10.2 Å². The second-order valence-corrected chi connectivity index (χ2v) is 6.61. The fraction of sp³-hybridized carbons (Fsp3) is 0.333. The van der Waals surface area contributed by atoms with E-state index in [2.05, 4.69) is 27.2 Å². The molecule has 27 heavy (non-hydrogen) atoms. The van der Waals surface area contributed by atoms with Crippen molar-refractivity contribution in [1.29, 1.82) is 0 Å². The van der Waals surface area contributed by atoms with Gasteiger partial charge in [0.1, 0.15) is 0 Å². The molecule has 1 aliphatic rings. The van der Waals surface area contributed by atoms with Crippen LogP contribution < -0.4 is 9.47 Å². The summed E-state index contributed by atoms with van der Waals surface area (Å²) in [6.45, 7) is 1.64. The van der Waals surface area contributed by atoms with Crippen molar-refractivity contribution in [2.45, 2.75) is 25.4 Å². The monoisotopic (exact) mass is 365 g/mol. The first kappa shape index (κ1) is 17.5. The van der Waals surface area contributed by atoms with E-state index in [9.17, 15) is 0 Å². The van der Waals surface area contributed by atoms with E-state index in [1.54, 1.807) is 14.2 Å². The highest BCUT2D eigenvalue weighted by molar-refractivity contribution is 5.51. The Morgan fingerprint density at radius 2 is 1.85 bits per heavy atom. The standard InChI is InChI=1S/C21H23N3O3/c1-25-18-11-10-16(13-19(18)26-2)17-9-6-12-24(17)14-20-22-23-21(27-20)15-7-4-3-5-8-15/h3-5,7-8,10-11,13,17H,6,9,12,14H2,1-2H3/t17-/m0/s1. The second-order valence-electron chi connectivity index (χ2n) is 6.61. The quantitative estimate of drug-likeness (QED) is 0.656. The van der Waals surface area contributed by atoms with Crippen molar-refractivity contribution in [3.8, 4) is 23.0 Å². The summed E-state index contributed by atoms with van der Waals surface area (Å²) < 4.78 is 16.7. The molecule has 140 valence electrons. The number of hydrogen-bond donors (Lipinski definition) is 0. The molecule has 0 N–H and O–H groups in total. The van der Waals surface area contributed by atoms with Crippen molar-refractivity contribution in [3.05, 3.63) is 60.0 Å². The van der Waals surface area contributed by atoms with E-state index >= 15 is 0 Å². The van der Waals surface area contributed by atoms with Crippen LogP contribution in [0.2, 0.25) is 0 Å². The molecular weight excluding hydrogens is 342 g/mol. The lowest BCUT2D eigenvalue weighted by Gasteiger charge is -2.24. The van der Waals surface area contributed by atoms with E-state index in [-0.39, 0.29) is 0 Å². The van der Waals surface area contributed by atoms with Gasteiger partial charge in [0.25, 0.3) is 0 Å². The van der Waals surface area contributed by atoms with E-state index in [1.807, 2.05) is 36.4 Å². The Kier molecular flexibility index (Phi) is 5.07. The highest BCUT2D eigenvalue weighted by Gasteiger charge is 2.28. The Bertz CT molecular complexity index is 895. The smallest absolute Gasteiger partial charge is 0.247 e. The Morgan fingerprint density at radius 1 is 1.04 bits per heavy atom. The van der Waals surface area contributed by atoms with Crippen molar-refractivity contribution in [2.75, 3.05) is 20.8 Å². The topological polar surface area (TPSA) is 60.6 Å². The number of methoxy groups -OCH3 is 2. The van der Waals surface area contributed by atoms with Crippen LogP contribution in [-0.2, 0) is 6.54 Å². The van der Waals surface area contributed by atoms with Crippen molar-refractivity contribution in [2.24, 2.45) is 0 Å². The second kappa shape index (κ2) is 7.80. The lowest BCUT2D eigenvalue weighted by molar-refractivity contribution is 0.223. The zero-order valence-corrected chi connectivity index (χ0v) is 15.6. The Labute approximate surface area is 158 Å². The van der Waals surface area contributed by atoms with Crippen LogP contribution in [0.4, 0.5) is 0 Å². The molecule has 0 unspecified atom stereocenters. The number of benzene rings is 2. The largest absolute Gasteiger partial charge is 0.493 e. The van der Waals surface area contributed by atoms with Crippen LogP contribution in [0.5, 0.6) is 11.5 Å². The van der Waals surface area contributed by atoms with Gasteiger partial charge >= 0.3 is 0 Å². The Hall–Kier alpha value is -2.86. The van der Waals surface area contributed by atoms with Gasteiger partial charge in [-0.05, 0) is 49.2 Å². The number of aromatic nitrogens is 2. The minimum absolute atomic E-state index is 0.303. The molecule has 6 heteroatoms. The zero-order valence-electron chi connectivity index (χ0n) is 15.6. The summed E-state index contributed by atoms with van der Waals surface area (Å²) in [5.41, 5.74) is 2.15. The maximum Gasteiger partial charge on any atom is 0.247 e. The van der Waals surface area contributed by atoms with E-state index in [0.29, 0.717) is 24.4 Å². The summed E-state index contributed by atoms with van der Waals surface area (Å²) in [4.78, 5) is 2.38. The third-order valence-corrected chi connectivity index (χ3v) is 4.98. The number of rotatable bonds is 6. The van der Waals surface area contributed by atoms with Crippen molar-refractivity contribution < 1.29 is 13.9 Å². The lowest BCUT2D eigenvalue weighted by atomic mass is 10.0. The molecule has 3 aromatic rings. The van der Waals surface area contributed by atoms with E-state index in [0.717, 1.165) is 36.4 Å². The zero-order chi connectivity index (χ0) is 18.6. The molecule has 0 radical (unpaired) electrons. The van der Waals surface area contributed by atoms with Gasteiger partial charge in [-0.1, -0.05) is 24.3 Å². The van der Waals surface area contributed by atoms with Crippen LogP contribution in [0.1, 0.15) is 30.3 Å². The summed E-state index contributed by atoms with van der Waals surface area (Å²) in [6.07, 6.45) is 2.23. The first-order chi connectivity index (χ1) is 13.3. The van der Waals surface area contributed by atoms with Crippen LogP contribution in [-0.4, -0.2) is 35.9 Å². The van der Waals surface area contributed by atoms with Gasteiger partial charge in [0, 0.05) is 11.6 Å².